The number of aryl methyl sites for hydroxylation is 1. The van der Waals surface area contributed by atoms with Gasteiger partial charge >= 0.3 is 0 Å². The molecule has 1 aromatic rings. The van der Waals surface area contributed by atoms with Crippen molar-refractivity contribution >= 4 is 5.91 Å². The SMILES string of the molecule is CN1C2CCC1CC(NC(=O)c1cnn(C)c1)C2. The van der Waals surface area contributed by atoms with Crippen LogP contribution in [0.2, 0.25) is 0 Å². The smallest absolute Gasteiger partial charge is 0.254 e. The van der Waals surface area contributed by atoms with E-state index in [-0.39, 0.29) is 5.91 Å². The Kier molecular flexibility index (Phi) is 2.86. The number of aromatic nitrogens is 2. The minimum absolute atomic E-state index is 0.0112. The minimum atomic E-state index is 0.0112. The molecule has 2 aliphatic heterocycles. The molecule has 1 aromatic heterocycles. The van der Waals surface area contributed by atoms with Gasteiger partial charge in [-0.2, -0.15) is 5.10 Å². The Labute approximate surface area is 107 Å². The van der Waals surface area contributed by atoms with Crippen molar-refractivity contribution in [1.29, 1.82) is 0 Å². The average molecular weight is 248 g/mol. The monoisotopic (exact) mass is 248 g/mol. The maximum Gasteiger partial charge on any atom is 0.254 e. The summed E-state index contributed by atoms with van der Waals surface area (Å²) in [6, 6.07) is 1.64. The van der Waals surface area contributed by atoms with Crippen molar-refractivity contribution < 1.29 is 4.79 Å². The highest BCUT2D eigenvalue weighted by atomic mass is 16.1. The summed E-state index contributed by atoms with van der Waals surface area (Å²) in [6.07, 6.45) is 8.11. The molecule has 3 rings (SSSR count). The van der Waals surface area contributed by atoms with E-state index in [1.165, 1.54) is 12.8 Å². The standard InChI is InChI=1S/C13H20N4O/c1-16-8-9(7-14-16)13(18)15-10-5-11-3-4-12(6-10)17(11)2/h7-8,10-12H,3-6H2,1-2H3,(H,15,18). The lowest BCUT2D eigenvalue weighted by atomic mass is 9.98. The molecule has 5 heteroatoms. The summed E-state index contributed by atoms with van der Waals surface area (Å²) in [6.45, 7) is 0. The van der Waals surface area contributed by atoms with Crippen molar-refractivity contribution in [3.05, 3.63) is 18.0 Å². The first-order chi connectivity index (χ1) is 8.63. The molecule has 2 unspecified atom stereocenters. The van der Waals surface area contributed by atoms with Gasteiger partial charge in [0.25, 0.3) is 5.91 Å². The van der Waals surface area contributed by atoms with Gasteiger partial charge in [0.2, 0.25) is 0 Å². The van der Waals surface area contributed by atoms with E-state index in [1.807, 2.05) is 7.05 Å². The molecule has 0 radical (unpaired) electrons. The van der Waals surface area contributed by atoms with Crippen LogP contribution in [0.3, 0.4) is 0 Å². The molecule has 2 bridgehead atoms. The molecule has 2 fully saturated rings. The first-order valence-corrected chi connectivity index (χ1v) is 6.65. The van der Waals surface area contributed by atoms with E-state index in [1.54, 1.807) is 17.1 Å². The number of nitrogens with zero attached hydrogens (tertiary/aromatic N) is 3. The number of fused-ring (bicyclic) bond motifs is 2. The summed E-state index contributed by atoms with van der Waals surface area (Å²) >= 11 is 0. The molecule has 0 aliphatic carbocycles. The van der Waals surface area contributed by atoms with E-state index in [4.69, 9.17) is 0 Å². The second-order valence-corrected chi connectivity index (χ2v) is 5.59. The Bertz CT molecular complexity index is 442. The lowest BCUT2D eigenvalue weighted by molar-refractivity contribution is 0.0882. The lowest BCUT2D eigenvalue weighted by Gasteiger charge is -2.36. The van der Waals surface area contributed by atoms with Crippen LogP contribution in [-0.4, -0.2) is 45.8 Å². The Morgan fingerprint density at radius 1 is 1.33 bits per heavy atom. The maximum absolute atomic E-state index is 12.1. The fourth-order valence-corrected chi connectivity index (χ4v) is 3.34. The number of hydrogen-bond acceptors (Lipinski definition) is 3. The Balaban J connectivity index is 1.62. The predicted octanol–water partition coefficient (Wildman–Crippen LogP) is 0.775. The Morgan fingerprint density at radius 3 is 2.56 bits per heavy atom. The summed E-state index contributed by atoms with van der Waals surface area (Å²) in [4.78, 5) is 14.5. The number of rotatable bonds is 2. The maximum atomic E-state index is 12.1. The summed E-state index contributed by atoms with van der Waals surface area (Å²) in [7, 11) is 4.04. The number of nitrogens with one attached hydrogen (secondary N) is 1. The molecular weight excluding hydrogens is 228 g/mol. The van der Waals surface area contributed by atoms with Crippen LogP contribution in [0.1, 0.15) is 36.0 Å². The molecule has 18 heavy (non-hydrogen) atoms. The van der Waals surface area contributed by atoms with Gasteiger partial charge < -0.3 is 10.2 Å². The average Bonchev–Trinajstić information content (AvgIpc) is 2.82. The van der Waals surface area contributed by atoms with Gasteiger partial charge in [0.1, 0.15) is 0 Å². The van der Waals surface area contributed by atoms with E-state index in [0.29, 0.717) is 23.7 Å². The van der Waals surface area contributed by atoms with Crippen molar-refractivity contribution in [2.75, 3.05) is 7.05 Å². The quantitative estimate of drug-likeness (QED) is 0.841. The van der Waals surface area contributed by atoms with Gasteiger partial charge in [-0.15, -0.1) is 0 Å². The number of piperidine rings is 1. The van der Waals surface area contributed by atoms with Crippen LogP contribution in [0.5, 0.6) is 0 Å². The van der Waals surface area contributed by atoms with Crippen molar-refractivity contribution in [3.63, 3.8) is 0 Å². The van der Waals surface area contributed by atoms with Crippen molar-refractivity contribution in [2.45, 2.75) is 43.8 Å². The molecule has 98 valence electrons. The highest BCUT2D eigenvalue weighted by molar-refractivity contribution is 5.93. The van der Waals surface area contributed by atoms with Gasteiger partial charge in [0.05, 0.1) is 11.8 Å². The number of amides is 1. The van der Waals surface area contributed by atoms with Gasteiger partial charge in [0.15, 0.2) is 0 Å². The summed E-state index contributed by atoms with van der Waals surface area (Å²) in [5.41, 5.74) is 0.656. The van der Waals surface area contributed by atoms with Gasteiger partial charge in [-0.1, -0.05) is 0 Å². The van der Waals surface area contributed by atoms with Gasteiger partial charge in [0, 0.05) is 31.4 Å². The molecule has 2 saturated heterocycles. The van der Waals surface area contributed by atoms with E-state index in [9.17, 15) is 4.79 Å². The van der Waals surface area contributed by atoms with Crippen LogP contribution in [0.4, 0.5) is 0 Å². The van der Waals surface area contributed by atoms with Crippen LogP contribution in [-0.2, 0) is 7.05 Å². The molecule has 1 N–H and O–H groups in total. The number of carbonyl (C=O) groups excluding carboxylic acids is 1. The van der Waals surface area contributed by atoms with Crippen LogP contribution in [0, 0.1) is 0 Å². The molecule has 1 amide bonds. The van der Waals surface area contributed by atoms with Crippen LogP contribution in [0.25, 0.3) is 0 Å². The van der Waals surface area contributed by atoms with Crippen LogP contribution < -0.4 is 5.32 Å². The number of carbonyl (C=O) groups is 1. The Morgan fingerprint density at radius 2 is 2.00 bits per heavy atom. The first-order valence-electron chi connectivity index (χ1n) is 6.65. The molecule has 3 heterocycles. The molecule has 0 spiro atoms. The third kappa shape index (κ3) is 2.03. The van der Waals surface area contributed by atoms with Crippen LogP contribution >= 0.6 is 0 Å². The largest absolute Gasteiger partial charge is 0.349 e. The van der Waals surface area contributed by atoms with Crippen molar-refractivity contribution in [3.8, 4) is 0 Å². The molecular formula is C13H20N4O. The fraction of sp³-hybridized carbons (Fsp3) is 0.692. The predicted molar refractivity (Wildman–Crippen MR) is 68.3 cm³/mol. The van der Waals surface area contributed by atoms with Crippen molar-refractivity contribution in [1.82, 2.24) is 20.0 Å². The van der Waals surface area contributed by atoms with Gasteiger partial charge in [-0.05, 0) is 32.7 Å². The highest BCUT2D eigenvalue weighted by Crippen LogP contribution is 2.34. The summed E-state index contributed by atoms with van der Waals surface area (Å²) in [5, 5.41) is 7.18. The minimum Gasteiger partial charge on any atom is -0.349 e. The second-order valence-electron chi connectivity index (χ2n) is 5.59. The van der Waals surface area contributed by atoms with Crippen LogP contribution in [0.15, 0.2) is 12.4 Å². The van der Waals surface area contributed by atoms with E-state index >= 15 is 0 Å². The molecule has 0 saturated carbocycles. The van der Waals surface area contributed by atoms with Gasteiger partial charge in [-0.3, -0.25) is 9.48 Å². The third-order valence-electron chi connectivity index (χ3n) is 4.40. The molecule has 5 nitrogen and oxygen atoms in total. The summed E-state index contributed by atoms with van der Waals surface area (Å²) < 4.78 is 1.66. The first kappa shape index (κ1) is 11.7. The molecule has 2 aliphatic rings. The number of hydrogen-bond donors (Lipinski definition) is 1. The third-order valence-corrected chi connectivity index (χ3v) is 4.40. The van der Waals surface area contributed by atoms with E-state index in [2.05, 4.69) is 22.4 Å². The second kappa shape index (κ2) is 4.39. The van der Waals surface area contributed by atoms with E-state index < -0.39 is 0 Å². The highest BCUT2D eigenvalue weighted by Gasteiger charge is 2.38. The molecule has 0 aromatic carbocycles. The Hall–Kier alpha value is -1.36. The van der Waals surface area contributed by atoms with Gasteiger partial charge in [-0.25, -0.2) is 0 Å². The fourth-order valence-electron chi connectivity index (χ4n) is 3.34. The lowest BCUT2D eigenvalue weighted by Crippen LogP contribution is -2.48. The zero-order valence-electron chi connectivity index (χ0n) is 11.0. The topological polar surface area (TPSA) is 50.2 Å². The normalized spacial score (nSPS) is 31.6. The zero-order valence-corrected chi connectivity index (χ0v) is 11.0. The molecule has 2 atom stereocenters. The summed E-state index contributed by atoms with van der Waals surface area (Å²) in [5.74, 6) is 0.0112. The zero-order chi connectivity index (χ0) is 12.7. The van der Waals surface area contributed by atoms with E-state index in [0.717, 1.165) is 12.8 Å². The van der Waals surface area contributed by atoms with Crippen molar-refractivity contribution in [2.24, 2.45) is 7.05 Å².